The van der Waals surface area contributed by atoms with Crippen molar-refractivity contribution in [3.63, 3.8) is 0 Å². The first-order chi connectivity index (χ1) is 12.1. The van der Waals surface area contributed by atoms with E-state index < -0.39 is 0 Å². The summed E-state index contributed by atoms with van der Waals surface area (Å²) in [5.41, 5.74) is 3.28. The standard InChI is InChI=1S/C20H19NO2S2/c1-3-21-19(22)18(25-20(21)24)12-15-7-5-9-17(11-15)23-13-16-8-4-6-14(2)10-16/h4-12H,3,13H2,1-2H3/b18-12+. The Bertz CT molecular complexity index is 845. The molecule has 0 atom stereocenters. The van der Waals surface area contributed by atoms with E-state index in [0.717, 1.165) is 16.9 Å². The fraction of sp³-hybridized carbons (Fsp3) is 0.200. The molecule has 0 spiro atoms. The number of likely N-dealkylation sites (N-methyl/N-ethyl adjacent to an activating group) is 1. The maximum Gasteiger partial charge on any atom is 0.266 e. The van der Waals surface area contributed by atoms with Crippen LogP contribution in [-0.2, 0) is 11.4 Å². The number of aryl methyl sites for hydroxylation is 1. The molecule has 1 aliphatic heterocycles. The summed E-state index contributed by atoms with van der Waals surface area (Å²) in [6, 6.07) is 16.0. The molecule has 128 valence electrons. The zero-order valence-electron chi connectivity index (χ0n) is 14.2. The maximum absolute atomic E-state index is 12.3. The number of carbonyl (C=O) groups is 1. The molecule has 0 bridgehead atoms. The molecular weight excluding hydrogens is 350 g/mol. The topological polar surface area (TPSA) is 29.5 Å². The van der Waals surface area contributed by atoms with Gasteiger partial charge in [-0.25, -0.2) is 0 Å². The molecule has 25 heavy (non-hydrogen) atoms. The van der Waals surface area contributed by atoms with Crippen LogP contribution in [0.15, 0.2) is 53.4 Å². The first-order valence-corrected chi connectivity index (χ1v) is 9.33. The third-order valence-corrected chi connectivity index (χ3v) is 5.21. The van der Waals surface area contributed by atoms with Gasteiger partial charge in [-0.15, -0.1) is 0 Å². The summed E-state index contributed by atoms with van der Waals surface area (Å²) in [5, 5.41) is 0. The van der Waals surface area contributed by atoms with E-state index >= 15 is 0 Å². The van der Waals surface area contributed by atoms with Crippen LogP contribution in [0.2, 0.25) is 0 Å². The lowest BCUT2D eigenvalue weighted by molar-refractivity contribution is -0.121. The van der Waals surface area contributed by atoms with Gasteiger partial charge in [-0.05, 0) is 43.2 Å². The van der Waals surface area contributed by atoms with Crippen molar-refractivity contribution in [2.24, 2.45) is 0 Å². The Morgan fingerprint density at radius 1 is 1.20 bits per heavy atom. The van der Waals surface area contributed by atoms with Crippen LogP contribution in [0.3, 0.4) is 0 Å². The van der Waals surface area contributed by atoms with E-state index in [4.69, 9.17) is 17.0 Å². The van der Waals surface area contributed by atoms with Crippen molar-refractivity contribution in [3.05, 3.63) is 70.1 Å². The number of ether oxygens (including phenoxy) is 1. The summed E-state index contributed by atoms with van der Waals surface area (Å²) < 4.78 is 6.50. The Labute approximate surface area is 157 Å². The first-order valence-electron chi connectivity index (χ1n) is 8.10. The Balaban J connectivity index is 1.73. The number of nitrogens with zero attached hydrogens (tertiary/aromatic N) is 1. The number of rotatable bonds is 5. The normalized spacial score (nSPS) is 15.9. The van der Waals surface area contributed by atoms with Gasteiger partial charge in [0.1, 0.15) is 16.7 Å². The third kappa shape index (κ3) is 4.30. The van der Waals surface area contributed by atoms with Gasteiger partial charge in [0.25, 0.3) is 5.91 Å². The molecule has 0 saturated carbocycles. The Hall–Kier alpha value is -2.11. The molecule has 0 radical (unpaired) electrons. The minimum atomic E-state index is -0.0245. The van der Waals surface area contributed by atoms with Crippen LogP contribution in [0.5, 0.6) is 5.75 Å². The van der Waals surface area contributed by atoms with Crippen LogP contribution in [0.1, 0.15) is 23.6 Å². The molecule has 5 heteroatoms. The van der Waals surface area contributed by atoms with Gasteiger partial charge in [0.2, 0.25) is 0 Å². The quantitative estimate of drug-likeness (QED) is 0.559. The summed E-state index contributed by atoms with van der Waals surface area (Å²) in [4.78, 5) is 14.6. The van der Waals surface area contributed by atoms with E-state index in [1.54, 1.807) is 4.90 Å². The summed E-state index contributed by atoms with van der Waals surface area (Å²) in [6.45, 7) is 5.11. The smallest absolute Gasteiger partial charge is 0.266 e. The number of carbonyl (C=O) groups excluding carboxylic acids is 1. The minimum absolute atomic E-state index is 0.0245. The lowest BCUT2D eigenvalue weighted by Crippen LogP contribution is -2.27. The lowest BCUT2D eigenvalue weighted by atomic mass is 10.1. The molecule has 0 aliphatic carbocycles. The maximum atomic E-state index is 12.3. The largest absolute Gasteiger partial charge is 0.489 e. The summed E-state index contributed by atoms with van der Waals surface area (Å²) in [5.74, 6) is 0.754. The number of thiocarbonyl (C=S) groups is 1. The van der Waals surface area contributed by atoms with E-state index in [1.807, 2.05) is 49.4 Å². The number of hydrogen-bond acceptors (Lipinski definition) is 4. The number of benzene rings is 2. The highest BCUT2D eigenvalue weighted by atomic mass is 32.2. The number of hydrogen-bond donors (Lipinski definition) is 0. The van der Waals surface area contributed by atoms with Crippen molar-refractivity contribution in [2.45, 2.75) is 20.5 Å². The molecule has 2 aromatic rings. The van der Waals surface area contributed by atoms with Gasteiger partial charge >= 0.3 is 0 Å². The molecule has 1 saturated heterocycles. The van der Waals surface area contributed by atoms with Crippen LogP contribution >= 0.6 is 24.0 Å². The summed E-state index contributed by atoms with van der Waals surface area (Å²) in [6.07, 6.45) is 1.87. The highest BCUT2D eigenvalue weighted by Gasteiger charge is 2.30. The van der Waals surface area contributed by atoms with Gasteiger partial charge in [0, 0.05) is 6.54 Å². The van der Waals surface area contributed by atoms with Crippen molar-refractivity contribution >= 4 is 40.3 Å². The predicted octanol–water partition coefficient (Wildman–Crippen LogP) is 4.80. The Morgan fingerprint density at radius 3 is 2.72 bits per heavy atom. The fourth-order valence-electron chi connectivity index (χ4n) is 2.59. The second kappa shape index (κ2) is 7.85. The molecule has 1 aliphatic rings. The number of thioether (sulfide) groups is 1. The monoisotopic (exact) mass is 369 g/mol. The van der Waals surface area contributed by atoms with Crippen molar-refractivity contribution in [3.8, 4) is 5.75 Å². The van der Waals surface area contributed by atoms with Crippen molar-refractivity contribution in [2.75, 3.05) is 6.54 Å². The molecular formula is C20H19NO2S2. The molecule has 3 rings (SSSR count). The van der Waals surface area contributed by atoms with Gasteiger partial charge in [-0.3, -0.25) is 9.69 Å². The second-order valence-electron chi connectivity index (χ2n) is 5.78. The van der Waals surface area contributed by atoms with E-state index in [0.29, 0.717) is 22.4 Å². The van der Waals surface area contributed by atoms with E-state index in [9.17, 15) is 4.79 Å². The van der Waals surface area contributed by atoms with Gasteiger partial charge in [-0.1, -0.05) is 65.9 Å². The van der Waals surface area contributed by atoms with Gasteiger partial charge in [0.05, 0.1) is 4.91 Å². The molecule has 2 aromatic carbocycles. The predicted molar refractivity (Wildman–Crippen MR) is 108 cm³/mol. The van der Waals surface area contributed by atoms with Crippen LogP contribution < -0.4 is 4.74 Å². The van der Waals surface area contributed by atoms with Gasteiger partial charge in [-0.2, -0.15) is 0 Å². The van der Waals surface area contributed by atoms with E-state index in [1.165, 1.54) is 17.3 Å². The lowest BCUT2D eigenvalue weighted by Gasteiger charge is -2.09. The SMILES string of the molecule is CCN1C(=O)/C(=C\c2cccc(OCc3cccc(C)c3)c2)SC1=S. The fourth-order valence-corrected chi connectivity index (χ4v) is 3.97. The zero-order chi connectivity index (χ0) is 17.8. The average Bonchev–Trinajstić information content (AvgIpc) is 2.86. The highest BCUT2D eigenvalue weighted by molar-refractivity contribution is 8.26. The molecule has 0 N–H and O–H groups in total. The molecule has 1 fully saturated rings. The first kappa shape index (κ1) is 17.7. The van der Waals surface area contributed by atoms with E-state index in [2.05, 4.69) is 19.1 Å². The Kier molecular flexibility index (Phi) is 5.56. The molecule has 0 aromatic heterocycles. The van der Waals surface area contributed by atoms with Crippen molar-refractivity contribution in [1.82, 2.24) is 4.90 Å². The molecule has 1 amide bonds. The van der Waals surface area contributed by atoms with E-state index in [-0.39, 0.29) is 5.91 Å². The number of amides is 1. The van der Waals surface area contributed by atoms with Crippen LogP contribution in [0, 0.1) is 6.92 Å². The van der Waals surface area contributed by atoms with Gasteiger partial charge < -0.3 is 4.74 Å². The van der Waals surface area contributed by atoms with Crippen LogP contribution in [-0.4, -0.2) is 21.7 Å². The van der Waals surface area contributed by atoms with Crippen LogP contribution in [0.4, 0.5) is 0 Å². The minimum Gasteiger partial charge on any atom is -0.489 e. The Morgan fingerprint density at radius 2 is 2.00 bits per heavy atom. The highest BCUT2D eigenvalue weighted by Crippen LogP contribution is 2.32. The molecule has 1 heterocycles. The summed E-state index contributed by atoms with van der Waals surface area (Å²) >= 11 is 6.59. The van der Waals surface area contributed by atoms with Crippen molar-refractivity contribution < 1.29 is 9.53 Å². The van der Waals surface area contributed by atoms with Crippen molar-refractivity contribution in [1.29, 1.82) is 0 Å². The molecule has 0 unspecified atom stereocenters. The van der Waals surface area contributed by atoms with Gasteiger partial charge in [0.15, 0.2) is 0 Å². The summed E-state index contributed by atoms with van der Waals surface area (Å²) in [7, 11) is 0. The second-order valence-corrected chi connectivity index (χ2v) is 7.45. The van der Waals surface area contributed by atoms with Crippen LogP contribution in [0.25, 0.3) is 6.08 Å². The third-order valence-electron chi connectivity index (χ3n) is 3.83. The molecule has 3 nitrogen and oxygen atoms in total. The zero-order valence-corrected chi connectivity index (χ0v) is 15.8. The average molecular weight is 370 g/mol.